The lowest BCUT2D eigenvalue weighted by molar-refractivity contribution is -0.139. The van der Waals surface area contributed by atoms with Gasteiger partial charge < -0.3 is 20.4 Å². The molecular weight excluding hydrogens is 396 g/mol. The van der Waals surface area contributed by atoms with E-state index < -0.39 is 11.5 Å². The number of benzene rings is 1. The lowest BCUT2D eigenvalue weighted by atomic mass is 10.1. The summed E-state index contributed by atoms with van der Waals surface area (Å²) < 4.78 is 4.56. The van der Waals surface area contributed by atoms with Crippen LogP contribution in [0.3, 0.4) is 0 Å². The van der Waals surface area contributed by atoms with E-state index in [0.29, 0.717) is 11.3 Å². The van der Waals surface area contributed by atoms with Crippen molar-refractivity contribution in [2.24, 2.45) is 0 Å². The van der Waals surface area contributed by atoms with E-state index in [1.54, 1.807) is 24.3 Å². The van der Waals surface area contributed by atoms with Crippen LogP contribution in [-0.2, 0) is 20.7 Å². The molecule has 1 saturated carbocycles. The van der Waals surface area contributed by atoms with Gasteiger partial charge in [0, 0.05) is 12.1 Å². The topological polar surface area (TPSA) is 130 Å². The smallest absolute Gasteiger partial charge is 0.311 e. The number of thioether (sulfide) groups is 1. The first-order valence-electron chi connectivity index (χ1n) is 8.94. The number of ether oxygens (including phenoxy) is 1. The van der Waals surface area contributed by atoms with Crippen molar-refractivity contribution >= 4 is 35.2 Å². The van der Waals surface area contributed by atoms with Crippen LogP contribution < -0.4 is 16.2 Å². The van der Waals surface area contributed by atoms with Crippen LogP contribution in [0.15, 0.2) is 40.3 Å². The third-order valence-electron chi connectivity index (χ3n) is 4.02. The Bertz CT molecular complexity index is 987. The van der Waals surface area contributed by atoms with Crippen molar-refractivity contribution in [2.75, 3.05) is 18.2 Å². The second-order valence-corrected chi connectivity index (χ2v) is 7.39. The predicted molar refractivity (Wildman–Crippen MR) is 107 cm³/mol. The van der Waals surface area contributed by atoms with Gasteiger partial charge in [-0.05, 0) is 25.0 Å². The molecular formula is C19H20N4O5S. The van der Waals surface area contributed by atoms with Crippen LogP contribution in [0.25, 0.3) is 0 Å². The predicted octanol–water partition coefficient (Wildman–Crippen LogP) is 1.11. The second-order valence-electron chi connectivity index (χ2n) is 6.42. The quantitative estimate of drug-likeness (QED) is 0.334. The molecule has 0 radical (unpaired) electrons. The van der Waals surface area contributed by atoms with Gasteiger partial charge in [0.25, 0.3) is 11.5 Å². The number of hydrogen-bond acceptors (Lipinski definition) is 7. The normalized spacial score (nSPS) is 12.9. The molecule has 10 heteroatoms. The highest BCUT2D eigenvalue weighted by Gasteiger charge is 2.25. The molecule has 0 bridgehead atoms. The summed E-state index contributed by atoms with van der Waals surface area (Å²) in [6.07, 6.45) is 1.80. The van der Waals surface area contributed by atoms with Crippen LogP contribution in [0.2, 0.25) is 0 Å². The number of carbonyl (C=O) groups excluding carboxylic acids is 3. The molecule has 29 heavy (non-hydrogen) atoms. The Labute approximate surface area is 170 Å². The van der Waals surface area contributed by atoms with Crippen molar-refractivity contribution in [1.29, 1.82) is 0 Å². The maximum atomic E-state index is 12.3. The summed E-state index contributed by atoms with van der Waals surface area (Å²) in [6.45, 7) is 0. The fourth-order valence-electron chi connectivity index (χ4n) is 2.46. The van der Waals surface area contributed by atoms with Gasteiger partial charge in [-0.3, -0.25) is 19.2 Å². The van der Waals surface area contributed by atoms with E-state index in [0.717, 1.165) is 24.6 Å². The highest BCUT2D eigenvalue weighted by molar-refractivity contribution is 7.99. The number of rotatable bonds is 8. The summed E-state index contributed by atoms with van der Waals surface area (Å²) in [5, 5.41) is 5.82. The van der Waals surface area contributed by atoms with Gasteiger partial charge in [-0.2, -0.15) is 0 Å². The minimum Gasteiger partial charge on any atom is -0.469 e. The first kappa shape index (κ1) is 20.6. The van der Waals surface area contributed by atoms with Crippen molar-refractivity contribution < 1.29 is 19.1 Å². The number of nitrogens with zero attached hydrogens (tertiary/aromatic N) is 1. The number of nitrogens with one attached hydrogen (secondary N) is 3. The summed E-state index contributed by atoms with van der Waals surface area (Å²) in [7, 11) is 1.25. The van der Waals surface area contributed by atoms with Crippen molar-refractivity contribution in [3.05, 3.63) is 51.9 Å². The average molecular weight is 416 g/mol. The number of para-hydroxylation sites is 1. The zero-order valence-corrected chi connectivity index (χ0v) is 16.5. The Morgan fingerprint density at radius 2 is 2.03 bits per heavy atom. The van der Waals surface area contributed by atoms with Crippen molar-refractivity contribution in [3.63, 3.8) is 0 Å². The van der Waals surface area contributed by atoms with Gasteiger partial charge in [0.15, 0.2) is 5.16 Å². The Hall–Kier alpha value is -3.14. The zero-order chi connectivity index (χ0) is 20.8. The number of H-pyrrole nitrogens is 1. The van der Waals surface area contributed by atoms with Crippen molar-refractivity contribution in [1.82, 2.24) is 15.3 Å². The highest BCUT2D eigenvalue weighted by atomic mass is 32.2. The average Bonchev–Trinajstić information content (AvgIpc) is 3.50. The first-order chi connectivity index (χ1) is 13.9. The van der Waals surface area contributed by atoms with E-state index in [1.165, 1.54) is 13.2 Å². The lowest BCUT2D eigenvalue weighted by Gasteiger charge is -2.11. The Balaban J connectivity index is 1.61. The first-order valence-corrected chi connectivity index (χ1v) is 9.93. The zero-order valence-electron chi connectivity index (χ0n) is 15.7. The summed E-state index contributed by atoms with van der Waals surface area (Å²) in [4.78, 5) is 54.4. The highest BCUT2D eigenvalue weighted by Crippen LogP contribution is 2.22. The summed E-state index contributed by atoms with van der Waals surface area (Å²) in [6, 6.07) is 8.18. The molecule has 1 aliphatic rings. The minimum absolute atomic E-state index is 0.0385. The van der Waals surface area contributed by atoms with Crippen LogP contribution in [-0.4, -0.2) is 46.7 Å². The fourth-order valence-corrected chi connectivity index (χ4v) is 3.16. The van der Waals surface area contributed by atoms with E-state index in [4.69, 9.17) is 0 Å². The van der Waals surface area contributed by atoms with Gasteiger partial charge in [0.05, 0.1) is 36.2 Å². The molecule has 2 amide bonds. The molecule has 0 aliphatic heterocycles. The summed E-state index contributed by atoms with van der Waals surface area (Å²) in [5.74, 6) is -1.14. The molecule has 3 rings (SSSR count). The molecule has 9 nitrogen and oxygen atoms in total. The van der Waals surface area contributed by atoms with Crippen molar-refractivity contribution in [2.45, 2.75) is 30.5 Å². The van der Waals surface area contributed by atoms with Crippen molar-refractivity contribution in [3.8, 4) is 0 Å². The third kappa shape index (κ3) is 6.18. The van der Waals surface area contributed by atoms with Crippen LogP contribution in [0.1, 0.15) is 28.9 Å². The number of aromatic amines is 1. The number of esters is 1. The standard InChI is InChI=1S/C19H20N4O5S/c1-28-17(26)9-12-8-15(24)23-19(21-12)29-10-16(25)22-14-5-3-2-4-13(14)18(27)20-11-6-7-11/h2-5,8,11H,6-7,9-10H2,1H3,(H,20,27)(H,22,25)(H,21,23,24). The minimum atomic E-state index is -0.516. The second kappa shape index (κ2) is 9.37. The number of carbonyl (C=O) groups is 3. The molecule has 0 saturated heterocycles. The van der Waals surface area contributed by atoms with Gasteiger partial charge in [-0.25, -0.2) is 4.98 Å². The Morgan fingerprint density at radius 3 is 2.76 bits per heavy atom. The van der Waals surface area contributed by atoms with Gasteiger partial charge >= 0.3 is 5.97 Å². The van der Waals surface area contributed by atoms with Gasteiger partial charge in [0.2, 0.25) is 5.91 Å². The molecule has 0 atom stereocenters. The lowest BCUT2D eigenvalue weighted by Crippen LogP contribution is -2.27. The molecule has 1 heterocycles. The van der Waals surface area contributed by atoms with Gasteiger partial charge in [-0.1, -0.05) is 23.9 Å². The van der Waals surface area contributed by atoms with Gasteiger partial charge in [-0.15, -0.1) is 0 Å². The number of hydrogen-bond donors (Lipinski definition) is 3. The number of amides is 2. The fraction of sp³-hybridized carbons (Fsp3) is 0.316. The van der Waals surface area contributed by atoms with Gasteiger partial charge in [0.1, 0.15) is 0 Å². The van der Waals surface area contributed by atoms with E-state index in [9.17, 15) is 19.2 Å². The molecule has 1 aliphatic carbocycles. The van der Waals surface area contributed by atoms with Crippen LogP contribution in [0.4, 0.5) is 5.69 Å². The number of aromatic nitrogens is 2. The SMILES string of the molecule is COC(=O)Cc1cc(=O)[nH]c(SCC(=O)Nc2ccccc2C(=O)NC2CC2)n1. The molecule has 152 valence electrons. The maximum Gasteiger partial charge on any atom is 0.311 e. The third-order valence-corrected chi connectivity index (χ3v) is 4.90. The molecule has 1 fully saturated rings. The van der Waals surface area contributed by atoms with Crippen LogP contribution in [0.5, 0.6) is 0 Å². The van der Waals surface area contributed by atoms with E-state index >= 15 is 0 Å². The van der Waals surface area contributed by atoms with E-state index in [2.05, 4.69) is 25.3 Å². The molecule has 3 N–H and O–H groups in total. The summed E-state index contributed by atoms with van der Waals surface area (Å²) >= 11 is 1.01. The molecule has 2 aromatic rings. The Kier molecular flexibility index (Phi) is 6.65. The maximum absolute atomic E-state index is 12.3. The monoisotopic (exact) mass is 416 g/mol. The van der Waals surface area contributed by atoms with E-state index in [-0.39, 0.29) is 40.9 Å². The molecule has 0 spiro atoms. The molecule has 0 unspecified atom stereocenters. The molecule has 1 aromatic heterocycles. The summed E-state index contributed by atoms with van der Waals surface area (Å²) in [5.41, 5.74) is 0.635. The van der Waals surface area contributed by atoms with Crippen LogP contribution >= 0.6 is 11.8 Å². The molecule has 1 aromatic carbocycles. The largest absolute Gasteiger partial charge is 0.469 e. The Morgan fingerprint density at radius 1 is 1.28 bits per heavy atom. The van der Waals surface area contributed by atoms with E-state index in [1.807, 2.05) is 0 Å². The number of methoxy groups -OCH3 is 1. The number of anilines is 1. The van der Waals surface area contributed by atoms with Crippen LogP contribution in [0, 0.1) is 0 Å².